The van der Waals surface area contributed by atoms with E-state index in [1.165, 1.54) is 18.2 Å². The van der Waals surface area contributed by atoms with E-state index in [0.29, 0.717) is 6.04 Å². The van der Waals surface area contributed by atoms with Crippen LogP contribution in [0.15, 0.2) is 18.2 Å². The van der Waals surface area contributed by atoms with E-state index >= 15 is 0 Å². The molecule has 0 aliphatic heterocycles. The third-order valence-electron chi connectivity index (χ3n) is 3.78. The zero-order valence-electron chi connectivity index (χ0n) is 11.7. The van der Waals surface area contributed by atoms with E-state index in [9.17, 15) is 15.0 Å². The van der Waals surface area contributed by atoms with E-state index in [4.69, 9.17) is 0 Å². The molecule has 5 heteroatoms. The van der Waals surface area contributed by atoms with Crippen LogP contribution in [0.5, 0.6) is 11.5 Å². The van der Waals surface area contributed by atoms with Crippen molar-refractivity contribution in [2.24, 2.45) is 0 Å². The molecule has 2 rings (SSSR count). The molecule has 4 N–H and O–H groups in total. The zero-order valence-corrected chi connectivity index (χ0v) is 11.7. The minimum atomic E-state index is -0.328. The molecule has 1 fully saturated rings. The molecule has 1 aliphatic carbocycles. The van der Waals surface area contributed by atoms with Gasteiger partial charge in [0.25, 0.3) is 5.91 Å². The fourth-order valence-electron chi connectivity index (χ4n) is 2.70. The fraction of sp³-hybridized carbons (Fsp3) is 0.533. The Morgan fingerprint density at radius 2 is 1.85 bits per heavy atom. The van der Waals surface area contributed by atoms with Gasteiger partial charge in [0, 0.05) is 12.1 Å². The van der Waals surface area contributed by atoms with E-state index in [-0.39, 0.29) is 29.0 Å². The Balaban J connectivity index is 1.91. The molecular weight excluding hydrogens is 256 g/mol. The first-order valence-corrected chi connectivity index (χ1v) is 7.16. The van der Waals surface area contributed by atoms with Crippen LogP contribution in [0, 0.1) is 0 Å². The number of phenols is 2. The van der Waals surface area contributed by atoms with Crippen LogP contribution in [0.4, 0.5) is 0 Å². The molecule has 0 radical (unpaired) electrons. The molecule has 0 aromatic heterocycles. The number of amides is 1. The Kier molecular flexibility index (Phi) is 4.84. The van der Waals surface area contributed by atoms with Crippen molar-refractivity contribution in [1.29, 1.82) is 0 Å². The van der Waals surface area contributed by atoms with Crippen molar-refractivity contribution in [3.05, 3.63) is 23.8 Å². The summed E-state index contributed by atoms with van der Waals surface area (Å²) < 4.78 is 0. The molecule has 0 unspecified atom stereocenters. The van der Waals surface area contributed by atoms with Gasteiger partial charge in [-0.25, -0.2) is 0 Å². The second kappa shape index (κ2) is 6.61. The fourth-order valence-corrected chi connectivity index (χ4v) is 2.70. The van der Waals surface area contributed by atoms with Crippen molar-refractivity contribution in [1.82, 2.24) is 10.6 Å². The lowest BCUT2D eigenvalue weighted by atomic mass is 9.91. The second-order valence-electron chi connectivity index (χ2n) is 5.28. The Hall–Kier alpha value is -1.75. The summed E-state index contributed by atoms with van der Waals surface area (Å²) in [6.07, 6.45) is 3.96. The van der Waals surface area contributed by atoms with Crippen molar-refractivity contribution in [2.75, 3.05) is 6.54 Å². The molecule has 0 bridgehead atoms. The molecule has 110 valence electrons. The van der Waals surface area contributed by atoms with Gasteiger partial charge in [-0.1, -0.05) is 6.92 Å². The highest BCUT2D eigenvalue weighted by Gasteiger charge is 2.23. The smallest absolute Gasteiger partial charge is 0.255 e. The number of carbonyl (C=O) groups excluding carboxylic acids is 1. The number of hydrogen-bond donors (Lipinski definition) is 4. The molecule has 0 atom stereocenters. The number of benzene rings is 1. The third kappa shape index (κ3) is 3.63. The van der Waals surface area contributed by atoms with Crippen molar-refractivity contribution in [3.63, 3.8) is 0 Å². The summed E-state index contributed by atoms with van der Waals surface area (Å²) in [5.74, 6) is -0.462. The molecular formula is C15H22N2O3. The Labute approximate surface area is 119 Å². The number of hydrogen-bond acceptors (Lipinski definition) is 4. The van der Waals surface area contributed by atoms with Crippen molar-refractivity contribution in [2.45, 2.75) is 44.7 Å². The van der Waals surface area contributed by atoms with Crippen molar-refractivity contribution < 1.29 is 15.0 Å². The van der Waals surface area contributed by atoms with Crippen LogP contribution in [0.1, 0.15) is 43.0 Å². The SMILES string of the molecule is CCNC1CCC(NC(=O)c2cc(O)ccc2O)CC1. The standard InChI is InChI=1S/C15H22N2O3/c1-2-16-10-3-5-11(6-4-10)17-15(20)13-9-12(18)7-8-14(13)19/h7-11,16,18-19H,2-6H2,1H3,(H,17,20). The lowest BCUT2D eigenvalue weighted by Gasteiger charge is -2.29. The topological polar surface area (TPSA) is 81.6 Å². The molecule has 1 amide bonds. The summed E-state index contributed by atoms with van der Waals surface area (Å²) in [6.45, 7) is 3.07. The van der Waals surface area contributed by atoms with E-state index < -0.39 is 0 Å². The maximum absolute atomic E-state index is 12.1. The number of aromatic hydroxyl groups is 2. The molecule has 0 saturated heterocycles. The number of phenolic OH excluding ortho intramolecular Hbond substituents is 2. The highest BCUT2D eigenvalue weighted by Crippen LogP contribution is 2.23. The summed E-state index contributed by atoms with van der Waals surface area (Å²) >= 11 is 0. The predicted molar refractivity (Wildman–Crippen MR) is 77.0 cm³/mol. The Morgan fingerprint density at radius 1 is 1.20 bits per heavy atom. The maximum atomic E-state index is 12.1. The Morgan fingerprint density at radius 3 is 2.50 bits per heavy atom. The van der Waals surface area contributed by atoms with Crippen molar-refractivity contribution >= 4 is 5.91 Å². The van der Waals surface area contributed by atoms with Gasteiger partial charge >= 0.3 is 0 Å². The van der Waals surface area contributed by atoms with Crippen LogP contribution in [0.2, 0.25) is 0 Å². The zero-order chi connectivity index (χ0) is 14.5. The van der Waals surface area contributed by atoms with Gasteiger partial charge in [0.2, 0.25) is 0 Å². The molecule has 0 heterocycles. The number of rotatable bonds is 4. The third-order valence-corrected chi connectivity index (χ3v) is 3.78. The second-order valence-corrected chi connectivity index (χ2v) is 5.28. The van der Waals surface area contributed by atoms with Gasteiger partial charge in [-0.15, -0.1) is 0 Å². The van der Waals surface area contributed by atoms with Crippen LogP contribution in [-0.2, 0) is 0 Å². The van der Waals surface area contributed by atoms with E-state index in [1.807, 2.05) is 0 Å². The van der Waals surface area contributed by atoms with E-state index in [1.54, 1.807) is 0 Å². The minimum Gasteiger partial charge on any atom is -0.508 e. The monoisotopic (exact) mass is 278 g/mol. The molecule has 1 aromatic rings. The highest BCUT2D eigenvalue weighted by atomic mass is 16.3. The van der Waals surface area contributed by atoms with Crippen LogP contribution in [-0.4, -0.2) is 34.7 Å². The highest BCUT2D eigenvalue weighted by molar-refractivity contribution is 5.97. The van der Waals surface area contributed by atoms with Gasteiger partial charge in [-0.3, -0.25) is 4.79 Å². The average molecular weight is 278 g/mol. The van der Waals surface area contributed by atoms with Crippen LogP contribution < -0.4 is 10.6 Å². The van der Waals surface area contributed by atoms with Crippen molar-refractivity contribution in [3.8, 4) is 11.5 Å². The molecule has 1 saturated carbocycles. The van der Waals surface area contributed by atoms with E-state index in [0.717, 1.165) is 32.2 Å². The van der Waals surface area contributed by atoms with Crippen LogP contribution in [0.3, 0.4) is 0 Å². The summed E-state index contributed by atoms with van der Waals surface area (Å²) in [7, 11) is 0. The quantitative estimate of drug-likeness (QED) is 0.632. The number of nitrogens with one attached hydrogen (secondary N) is 2. The largest absolute Gasteiger partial charge is 0.508 e. The lowest BCUT2D eigenvalue weighted by molar-refractivity contribution is 0.0921. The van der Waals surface area contributed by atoms with Crippen LogP contribution in [0.25, 0.3) is 0 Å². The summed E-state index contributed by atoms with van der Waals surface area (Å²) in [5.41, 5.74) is 0.124. The minimum absolute atomic E-state index is 0.0243. The summed E-state index contributed by atoms with van der Waals surface area (Å²) in [6, 6.07) is 4.65. The average Bonchev–Trinajstić information content (AvgIpc) is 2.44. The molecule has 5 nitrogen and oxygen atoms in total. The van der Waals surface area contributed by atoms with E-state index in [2.05, 4.69) is 17.6 Å². The van der Waals surface area contributed by atoms with Crippen LogP contribution >= 0.6 is 0 Å². The first-order valence-electron chi connectivity index (χ1n) is 7.16. The summed E-state index contributed by atoms with van der Waals surface area (Å²) in [4.78, 5) is 12.1. The van der Waals surface area contributed by atoms with Gasteiger partial charge < -0.3 is 20.8 Å². The molecule has 20 heavy (non-hydrogen) atoms. The maximum Gasteiger partial charge on any atom is 0.255 e. The first kappa shape index (κ1) is 14.7. The Bertz CT molecular complexity index is 468. The predicted octanol–water partition coefficient (Wildman–Crippen LogP) is 1.75. The lowest BCUT2D eigenvalue weighted by Crippen LogP contribution is -2.42. The molecule has 0 spiro atoms. The van der Waals surface area contributed by atoms with Gasteiger partial charge in [0.15, 0.2) is 0 Å². The molecule has 1 aliphatic rings. The molecule has 1 aromatic carbocycles. The van der Waals surface area contributed by atoms with Gasteiger partial charge in [-0.05, 0) is 50.4 Å². The van der Waals surface area contributed by atoms with Gasteiger partial charge in [0.05, 0.1) is 5.56 Å². The van der Waals surface area contributed by atoms with Gasteiger partial charge in [0.1, 0.15) is 11.5 Å². The number of carbonyl (C=O) groups is 1. The summed E-state index contributed by atoms with van der Waals surface area (Å²) in [5, 5.41) is 25.4. The van der Waals surface area contributed by atoms with Gasteiger partial charge in [-0.2, -0.15) is 0 Å². The first-order chi connectivity index (χ1) is 9.60. The normalized spacial score (nSPS) is 22.4.